The number of nitrogens with zero attached hydrogens (tertiary/aromatic N) is 1. The lowest BCUT2D eigenvalue weighted by atomic mass is 10.3. The highest BCUT2D eigenvalue weighted by atomic mass is 127. The van der Waals surface area contributed by atoms with Crippen LogP contribution < -0.4 is 11.1 Å². The van der Waals surface area contributed by atoms with Crippen LogP contribution in [-0.2, 0) is 4.74 Å². The van der Waals surface area contributed by atoms with Crippen molar-refractivity contribution in [3.63, 3.8) is 0 Å². The van der Waals surface area contributed by atoms with Crippen molar-refractivity contribution in [1.82, 2.24) is 5.32 Å². The van der Waals surface area contributed by atoms with E-state index in [1.165, 1.54) is 12.8 Å². The van der Waals surface area contributed by atoms with Crippen LogP contribution in [0.2, 0.25) is 0 Å². The zero-order valence-corrected chi connectivity index (χ0v) is 13.3. The van der Waals surface area contributed by atoms with Crippen LogP contribution in [0.25, 0.3) is 0 Å². The van der Waals surface area contributed by atoms with Crippen LogP contribution in [0.3, 0.4) is 0 Å². The number of guanidine groups is 1. The van der Waals surface area contributed by atoms with Gasteiger partial charge in [0.2, 0.25) is 0 Å². The van der Waals surface area contributed by atoms with Gasteiger partial charge < -0.3 is 15.8 Å². The van der Waals surface area contributed by atoms with Crippen LogP contribution in [-0.4, -0.2) is 31.8 Å². The van der Waals surface area contributed by atoms with E-state index < -0.39 is 0 Å². The molecule has 0 saturated heterocycles. The molecule has 1 aliphatic rings. The van der Waals surface area contributed by atoms with Crippen LogP contribution >= 0.6 is 24.0 Å². The number of halogens is 1. The summed E-state index contributed by atoms with van der Waals surface area (Å²) in [4.78, 5) is 4.25. The molecular weight excluding hydrogens is 329 g/mol. The van der Waals surface area contributed by atoms with Gasteiger partial charge in [0, 0.05) is 25.8 Å². The topological polar surface area (TPSA) is 59.6 Å². The summed E-state index contributed by atoms with van der Waals surface area (Å²) in [5, 5.41) is 3.14. The molecule has 4 nitrogen and oxygen atoms in total. The van der Waals surface area contributed by atoms with Crippen LogP contribution in [0.1, 0.15) is 39.5 Å². The highest BCUT2D eigenvalue weighted by molar-refractivity contribution is 14.0. The number of hydrogen-bond donors (Lipinski definition) is 2. The van der Waals surface area contributed by atoms with Crippen molar-refractivity contribution < 1.29 is 4.74 Å². The molecule has 0 aromatic heterocycles. The average molecular weight is 355 g/mol. The molecule has 1 atom stereocenters. The predicted octanol–water partition coefficient (Wildman–Crippen LogP) is 2.12. The fraction of sp³-hybridized carbons (Fsp3) is 0.917. The van der Waals surface area contributed by atoms with E-state index in [9.17, 15) is 0 Å². The number of nitrogens with one attached hydrogen (secondary N) is 1. The van der Waals surface area contributed by atoms with Gasteiger partial charge in [-0.05, 0) is 38.5 Å². The minimum absolute atomic E-state index is 0. The van der Waals surface area contributed by atoms with E-state index >= 15 is 0 Å². The Balaban J connectivity index is 0.00000256. The van der Waals surface area contributed by atoms with E-state index in [-0.39, 0.29) is 24.0 Å². The number of rotatable bonds is 8. The quantitative estimate of drug-likeness (QED) is 0.304. The summed E-state index contributed by atoms with van der Waals surface area (Å²) in [5.74, 6) is 1.40. The van der Waals surface area contributed by atoms with Crippen molar-refractivity contribution in [2.24, 2.45) is 16.6 Å². The molecule has 1 aliphatic carbocycles. The summed E-state index contributed by atoms with van der Waals surface area (Å²) in [6, 6.07) is 0.398. The number of aliphatic imine (C=N–C) groups is 1. The normalized spacial score (nSPS) is 17.4. The van der Waals surface area contributed by atoms with Crippen LogP contribution in [0.5, 0.6) is 0 Å². The fourth-order valence-corrected chi connectivity index (χ4v) is 1.30. The lowest BCUT2D eigenvalue weighted by Crippen LogP contribution is -2.38. The van der Waals surface area contributed by atoms with E-state index in [4.69, 9.17) is 10.5 Å². The van der Waals surface area contributed by atoms with Crippen LogP contribution in [0.15, 0.2) is 4.99 Å². The molecule has 0 amide bonds. The van der Waals surface area contributed by atoms with Gasteiger partial charge in [-0.2, -0.15) is 0 Å². The lowest BCUT2D eigenvalue weighted by molar-refractivity contribution is 0.123. The Kier molecular flexibility index (Phi) is 9.91. The summed E-state index contributed by atoms with van der Waals surface area (Å²) in [7, 11) is 0. The Morgan fingerprint density at radius 2 is 2.24 bits per heavy atom. The van der Waals surface area contributed by atoms with Crippen molar-refractivity contribution in [3.05, 3.63) is 0 Å². The first-order chi connectivity index (χ1) is 7.72. The number of ether oxygens (including phenoxy) is 1. The second-order valence-electron chi connectivity index (χ2n) is 4.59. The summed E-state index contributed by atoms with van der Waals surface area (Å²) in [5.41, 5.74) is 5.72. The molecule has 0 aliphatic heterocycles. The number of nitrogens with two attached hydrogens (primary N) is 1. The first-order valence-corrected chi connectivity index (χ1v) is 6.36. The molecule has 102 valence electrons. The Labute approximate surface area is 122 Å². The Morgan fingerprint density at radius 1 is 1.53 bits per heavy atom. The van der Waals surface area contributed by atoms with Crippen molar-refractivity contribution in [2.75, 3.05) is 19.8 Å². The largest absolute Gasteiger partial charge is 0.381 e. The van der Waals surface area contributed by atoms with E-state index in [1.54, 1.807) is 0 Å². The maximum atomic E-state index is 5.72. The molecule has 0 aromatic carbocycles. The first kappa shape index (κ1) is 17.0. The molecule has 1 unspecified atom stereocenters. The van der Waals surface area contributed by atoms with Crippen LogP contribution in [0, 0.1) is 5.92 Å². The van der Waals surface area contributed by atoms with Gasteiger partial charge in [-0.3, -0.25) is 4.99 Å². The smallest absolute Gasteiger partial charge is 0.188 e. The van der Waals surface area contributed by atoms with Gasteiger partial charge in [-0.15, -0.1) is 24.0 Å². The van der Waals surface area contributed by atoms with Crippen molar-refractivity contribution in [1.29, 1.82) is 0 Å². The van der Waals surface area contributed by atoms with E-state index in [1.807, 2.05) is 0 Å². The van der Waals surface area contributed by atoms with Gasteiger partial charge in [-0.1, -0.05) is 6.92 Å². The van der Waals surface area contributed by atoms with Gasteiger partial charge in [0.15, 0.2) is 5.96 Å². The molecule has 1 fully saturated rings. The molecule has 0 heterocycles. The van der Waals surface area contributed by atoms with Gasteiger partial charge in [0.25, 0.3) is 0 Å². The second kappa shape index (κ2) is 9.94. The Bertz CT molecular complexity index is 220. The molecule has 0 spiro atoms. The fourth-order valence-electron chi connectivity index (χ4n) is 1.30. The van der Waals surface area contributed by atoms with E-state index in [0.717, 1.165) is 38.5 Å². The zero-order chi connectivity index (χ0) is 11.8. The predicted molar refractivity (Wildman–Crippen MR) is 83.0 cm³/mol. The molecule has 5 heteroatoms. The van der Waals surface area contributed by atoms with Crippen molar-refractivity contribution in [3.8, 4) is 0 Å². The molecule has 1 saturated carbocycles. The summed E-state index contributed by atoms with van der Waals surface area (Å²) in [6.45, 7) is 6.71. The maximum Gasteiger partial charge on any atom is 0.188 e. The standard InChI is InChI=1S/C12H25N3O.HI/c1-3-10(2)15-12(13)14-7-4-8-16-9-11-5-6-11;/h10-11H,3-9H2,1-2H3,(H3,13,14,15);1H. The second-order valence-corrected chi connectivity index (χ2v) is 4.59. The molecule has 17 heavy (non-hydrogen) atoms. The molecule has 1 rings (SSSR count). The van der Waals surface area contributed by atoms with Gasteiger partial charge in [0.05, 0.1) is 0 Å². The summed E-state index contributed by atoms with van der Waals surface area (Å²) >= 11 is 0. The highest BCUT2D eigenvalue weighted by Crippen LogP contribution is 2.28. The SMILES string of the molecule is CCC(C)NC(N)=NCCCOCC1CC1.I. The van der Waals surface area contributed by atoms with Crippen molar-refractivity contribution >= 4 is 29.9 Å². The van der Waals surface area contributed by atoms with E-state index in [2.05, 4.69) is 24.2 Å². The monoisotopic (exact) mass is 355 g/mol. The average Bonchev–Trinajstić information content (AvgIpc) is 3.06. The molecule has 0 bridgehead atoms. The van der Waals surface area contributed by atoms with E-state index in [0.29, 0.717) is 12.0 Å². The van der Waals surface area contributed by atoms with Crippen molar-refractivity contribution in [2.45, 2.75) is 45.6 Å². The first-order valence-electron chi connectivity index (χ1n) is 6.36. The zero-order valence-electron chi connectivity index (χ0n) is 10.9. The minimum atomic E-state index is 0. The van der Waals surface area contributed by atoms with Gasteiger partial charge >= 0.3 is 0 Å². The third-order valence-corrected chi connectivity index (χ3v) is 2.79. The molecule has 0 radical (unpaired) electrons. The molecule has 0 aromatic rings. The summed E-state index contributed by atoms with van der Waals surface area (Å²) < 4.78 is 5.51. The minimum Gasteiger partial charge on any atom is -0.381 e. The summed E-state index contributed by atoms with van der Waals surface area (Å²) in [6.07, 6.45) is 4.71. The van der Waals surface area contributed by atoms with Gasteiger partial charge in [-0.25, -0.2) is 0 Å². The lowest BCUT2D eigenvalue weighted by Gasteiger charge is -2.11. The maximum absolute atomic E-state index is 5.72. The third-order valence-electron chi connectivity index (χ3n) is 2.79. The Morgan fingerprint density at radius 3 is 2.82 bits per heavy atom. The molecule has 3 N–H and O–H groups in total. The van der Waals surface area contributed by atoms with Crippen LogP contribution in [0.4, 0.5) is 0 Å². The highest BCUT2D eigenvalue weighted by Gasteiger charge is 2.20. The molecular formula is C12H26IN3O. The van der Waals surface area contributed by atoms with Gasteiger partial charge in [0.1, 0.15) is 0 Å². The third kappa shape index (κ3) is 9.64. The number of hydrogen-bond acceptors (Lipinski definition) is 2. The Hall–Kier alpha value is -0.0400.